The second-order valence-corrected chi connectivity index (χ2v) is 13.3. The smallest absolute Gasteiger partial charge is 0.160 e. The Morgan fingerprint density at radius 3 is 1.85 bits per heavy atom. The van der Waals surface area contributed by atoms with E-state index in [0.29, 0.717) is 5.82 Å². The van der Waals surface area contributed by atoms with Gasteiger partial charge in [0.25, 0.3) is 0 Å². The molecular weight excluding hydrogens is 639 g/mol. The summed E-state index contributed by atoms with van der Waals surface area (Å²) in [5.41, 5.74) is 13.4. The van der Waals surface area contributed by atoms with Gasteiger partial charge in [-0.25, -0.2) is 9.97 Å². The first-order valence-electron chi connectivity index (χ1n) is 17.5. The predicted molar refractivity (Wildman–Crippen MR) is 210 cm³/mol. The molecule has 1 unspecified atom stereocenters. The van der Waals surface area contributed by atoms with Gasteiger partial charge in [0.05, 0.1) is 17.4 Å². The highest BCUT2D eigenvalue weighted by atomic mass is 16.3. The van der Waals surface area contributed by atoms with E-state index < -0.39 is 0 Å². The lowest BCUT2D eigenvalue weighted by molar-refractivity contribution is 0.669. The first kappa shape index (κ1) is 28.8. The molecule has 1 aliphatic rings. The van der Waals surface area contributed by atoms with Crippen molar-refractivity contribution in [1.29, 1.82) is 0 Å². The van der Waals surface area contributed by atoms with Crippen molar-refractivity contribution in [3.05, 3.63) is 175 Å². The van der Waals surface area contributed by atoms with Crippen LogP contribution in [0.5, 0.6) is 0 Å². The number of nitrogens with zero attached hydrogens (tertiary/aromatic N) is 2. The molecule has 52 heavy (non-hydrogen) atoms. The fraction of sp³-hybridized carbons (Fsp3) is 0.0213. The molecule has 11 rings (SSSR count). The van der Waals surface area contributed by atoms with E-state index in [0.717, 1.165) is 88.8 Å². The molecule has 0 radical (unpaired) electrons. The molecular formula is C47H29N3O2. The van der Waals surface area contributed by atoms with E-state index in [2.05, 4.69) is 121 Å². The number of benzene rings is 7. The van der Waals surface area contributed by atoms with Gasteiger partial charge in [-0.2, -0.15) is 0 Å². The van der Waals surface area contributed by atoms with Crippen molar-refractivity contribution in [1.82, 2.24) is 9.97 Å². The zero-order valence-electron chi connectivity index (χ0n) is 27.9. The molecule has 4 heterocycles. The summed E-state index contributed by atoms with van der Waals surface area (Å²) < 4.78 is 13.5. The number of aromatic nitrogens is 2. The van der Waals surface area contributed by atoms with Gasteiger partial charge >= 0.3 is 0 Å². The summed E-state index contributed by atoms with van der Waals surface area (Å²) in [7, 11) is 0. The lowest BCUT2D eigenvalue weighted by Crippen LogP contribution is -2.18. The molecule has 0 aliphatic carbocycles. The quantitative estimate of drug-likeness (QED) is 0.202. The van der Waals surface area contributed by atoms with Crippen LogP contribution in [0.1, 0.15) is 17.2 Å². The molecule has 5 heteroatoms. The molecule has 7 aromatic carbocycles. The van der Waals surface area contributed by atoms with Gasteiger partial charge in [-0.3, -0.25) is 0 Å². The number of hydrogen-bond donors (Lipinski definition) is 1. The SMILES string of the molecule is c1ccc(-c2nc(-c3cccc4c3oc3ccccc34)cc(-c3cccc4c3oc3c5c(ccc34)C(c3ccccc3)Nc3ccccc3-5)n2)cc1. The Kier molecular flexibility index (Phi) is 6.25. The average Bonchev–Trinajstić information content (AvgIpc) is 3.80. The molecule has 1 aliphatic heterocycles. The van der Waals surface area contributed by atoms with Crippen LogP contribution in [0, 0.1) is 0 Å². The third-order valence-corrected chi connectivity index (χ3v) is 10.4. The van der Waals surface area contributed by atoms with Crippen molar-refractivity contribution in [2.24, 2.45) is 0 Å². The van der Waals surface area contributed by atoms with Gasteiger partial charge in [0, 0.05) is 55.0 Å². The number of hydrogen-bond acceptors (Lipinski definition) is 5. The lowest BCUT2D eigenvalue weighted by Gasteiger charge is -2.30. The monoisotopic (exact) mass is 667 g/mol. The number of fused-ring (bicyclic) bond motifs is 10. The van der Waals surface area contributed by atoms with E-state index in [1.54, 1.807) is 0 Å². The topological polar surface area (TPSA) is 64.1 Å². The van der Waals surface area contributed by atoms with Crippen LogP contribution in [-0.2, 0) is 0 Å². The molecule has 1 atom stereocenters. The lowest BCUT2D eigenvalue weighted by atomic mass is 9.85. The largest absolute Gasteiger partial charge is 0.455 e. The summed E-state index contributed by atoms with van der Waals surface area (Å²) in [4.78, 5) is 10.4. The van der Waals surface area contributed by atoms with Gasteiger partial charge in [0.15, 0.2) is 5.82 Å². The molecule has 5 nitrogen and oxygen atoms in total. The standard InChI is InChI=1S/C47H29N3O2/c1-3-13-28(14-4-1)43-37-26-25-33-32-20-12-22-36(45(32)52-46(33)42(37)34-18-7-9-23-38(34)48-43)40-27-39(49-47(50-40)29-15-5-2-6-16-29)35-21-11-19-31-30-17-8-10-24-41(30)51-44(31)35/h1-27,43,48H. The van der Waals surface area contributed by atoms with E-state index in [-0.39, 0.29) is 6.04 Å². The first-order valence-corrected chi connectivity index (χ1v) is 17.5. The molecule has 10 aromatic rings. The number of furan rings is 2. The molecule has 244 valence electrons. The zero-order valence-corrected chi connectivity index (χ0v) is 27.9. The van der Waals surface area contributed by atoms with Gasteiger partial charge < -0.3 is 14.2 Å². The second-order valence-electron chi connectivity index (χ2n) is 13.3. The normalized spacial score (nSPS) is 13.7. The summed E-state index contributed by atoms with van der Waals surface area (Å²) >= 11 is 0. The van der Waals surface area contributed by atoms with Crippen LogP contribution in [0.2, 0.25) is 0 Å². The maximum Gasteiger partial charge on any atom is 0.160 e. The van der Waals surface area contributed by atoms with Crippen LogP contribution in [-0.4, -0.2) is 9.97 Å². The Labute approximate surface area is 298 Å². The van der Waals surface area contributed by atoms with E-state index in [4.69, 9.17) is 18.8 Å². The number of para-hydroxylation sites is 4. The van der Waals surface area contributed by atoms with Crippen LogP contribution in [0.4, 0.5) is 5.69 Å². The van der Waals surface area contributed by atoms with Gasteiger partial charge in [0.1, 0.15) is 22.3 Å². The van der Waals surface area contributed by atoms with Gasteiger partial charge in [0.2, 0.25) is 0 Å². The molecule has 3 aromatic heterocycles. The van der Waals surface area contributed by atoms with Gasteiger partial charge in [-0.05, 0) is 41.5 Å². The Morgan fingerprint density at radius 2 is 1.06 bits per heavy atom. The molecule has 0 bridgehead atoms. The highest BCUT2D eigenvalue weighted by Crippen LogP contribution is 2.49. The molecule has 0 spiro atoms. The summed E-state index contributed by atoms with van der Waals surface area (Å²) in [6.07, 6.45) is 0. The fourth-order valence-corrected chi connectivity index (χ4v) is 7.95. The summed E-state index contributed by atoms with van der Waals surface area (Å²) in [6, 6.07) is 56.5. The van der Waals surface area contributed by atoms with Crippen LogP contribution >= 0.6 is 0 Å². The van der Waals surface area contributed by atoms with E-state index >= 15 is 0 Å². The van der Waals surface area contributed by atoms with Crippen LogP contribution in [0.15, 0.2) is 173 Å². The van der Waals surface area contributed by atoms with E-state index in [9.17, 15) is 0 Å². The van der Waals surface area contributed by atoms with Crippen LogP contribution in [0.25, 0.3) is 88.9 Å². The molecule has 1 N–H and O–H groups in total. The maximum absolute atomic E-state index is 7.07. The first-order chi connectivity index (χ1) is 25.8. The molecule has 0 amide bonds. The Hall–Kier alpha value is -6.98. The average molecular weight is 668 g/mol. The third-order valence-electron chi connectivity index (χ3n) is 10.4. The molecule has 0 saturated carbocycles. The molecule has 0 saturated heterocycles. The summed E-state index contributed by atoms with van der Waals surface area (Å²) in [5, 5.41) is 8.06. The van der Waals surface area contributed by atoms with Crippen LogP contribution < -0.4 is 5.32 Å². The summed E-state index contributed by atoms with van der Waals surface area (Å²) in [5.74, 6) is 0.636. The predicted octanol–water partition coefficient (Wildman–Crippen LogP) is 12.5. The minimum Gasteiger partial charge on any atom is -0.455 e. The van der Waals surface area contributed by atoms with Crippen molar-refractivity contribution in [2.45, 2.75) is 6.04 Å². The Morgan fingerprint density at radius 1 is 0.462 bits per heavy atom. The second kappa shape index (κ2) is 11.3. The number of anilines is 1. The maximum atomic E-state index is 7.07. The minimum atomic E-state index is -0.0120. The zero-order chi connectivity index (χ0) is 34.2. The summed E-state index contributed by atoms with van der Waals surface area (Å²) in [6.45, 7) is 0. The van der Waals surface area contributed by atoms with Crippen molar-refractivity contribution in [3.63, 3.8) is 0 Å². The minimum absolute atomic E-state index is 0.0120. The number of nitrogens with one attached hydrogen (secondary N) is 1. The van der Waals surface area contributed by atoms with Crippen molar-refractivity contribution < 1.29 is 8.83 Å². The fourth-order valence-electron chi connectivity index (χ4n) is 7.95. The molecule has 0 fully saturated rings. The van der Waals surface area contributed by atoms with Gasteiger partial charge in [-0.15, -0.1) is 0 Å². The van der Waals surface area contributed by atoms with E-state index in [1.165, 1.54) is 11.1 Å². The Bertz CT molecular complexity index is 3000. The van der Waals surface area contributed by atoms with Crippen molar-refractivity contribution in [2.75, 3.05) is 5.32 Å². The van der Waals surface area contributed by atoms with Crippen molar-refractivity contribution in [3.8, 4) is 45.0 Å². The van der Waals surface area contributed by atoms with Crippen LogP contribution in [0.3, 0.4) is 0 Å². The highest BCUT2D eigenvalue weighted by Gasteiger charge is 2.29. The number of rotatable bonds is 4. The van der Waals surface area contributed by atoms with E-state index in [1.807, 2.05) is 48.5 Å². The highest BCUT2D eigenvalue weighted by molar-refractivity contribution is 6.15. The third kappa shape index (κ3) is 4.36. The van der Waals surface area contributed by atoms with Crippen molar-refractivity contribution >= 4 is 49.6 Å². The van der Waals surface area contributed by atoms with Gasteiger partial charge in [-0.1, -0.05) is 133 Å². The Balaban J connectivity index is 1.16.